The SMILES string of the molecule is O=C(Cc1csc(NC(=O)c2ccco2)n1)NC12CC3CC(CC(C3)C1)C2. The third-order valence-electron chi connectivity index (χ3n) is 6.30. The molecule has 2 N–H and O–H groups in total. The van der Waals surface area contributed by atoms with Crippen LogP contribution in [0, 0.1) is 17.8 Å². The third kappa shape index (κ3) is 3.40. The number of aromatic nitrogens is 1. The van der Waals surface area contributed by atoms with Crippen molar-refractivity contribution in [3.63, 3.8) is 0 Å². The van der Waals surface area contributed by atoms with Crippen LogP contribution in [0.25, 0.3) is 0 Å². The maximum atomic E-state index is 12.7. The van der Waals surface area contributed by atoms with E-state index in [0.717, 1.165) is 37.0 Å². The van der Waals surface area contributed by atoms with E-state index in [1.807, 2.05) is 5.38 Å². The summed E-state index contributed by atoms with van der Waals surface area (Å²) in [5.41, 5.74) is 0.718. The number of thiazole rings is 1. The van der Waals surface area contributed by atoms with Crippen LogP contribution >= 0.6 is 11.3 Å². The molecule has 6 nitrogen and oxygen atoms in total. The van der Waals surface area contributed by atoms with Gasteiger partial charge in [-0.25, -0.2) is 4.98 Å². The maximum absolute atomic E-state index is 12.7. The Bertz CT molecular complexity index is 822. The molecule has 27 heavy (non-hydrogen) atoms. The van der Waals surface area contributed by atoms with Gasteiger partial charge in [-0.2, -0.15) is 0 Å². The van der Waals surface area contributed by atoms with E-state index in [0.29, 0.717) is 10.8 Å². The van der Waals surface area contributed by atoms with E-state index in [9.17, 15) is 9.59 Å². The maximum Gasteiger partial charge on any atom is 0.293 e. The van der Waals surface area contributed by atoms with E-state index < -0.39 is 0 Å². The first-order chi connectivity index (χ1) is 13.1. The summed E-state index contributed by atoms with van der Waals surface area (Å²) in [5.74, 6) is 2.37. The van der Waals surface area contributed by atoms with Gasteiger partial charge < -0.3 is 9.73 Å². The lowest BCUT2D eigenvalue weighted by atomic mass is 9.53. The summed E-state index contributed by atoms with van der Waals surface area (Å²) in [6.45, 7) is 0. The third-order valence-corrected chi connectivity index (χ3v) is 7.11. The number of carbonyl (C=O) groups excluding carboxylic acids is 2. The van der Waals surface area contributed by atoms with Crippen LogP contribution in [-0.2, 0) is 11.2 Å². The zero-order valence-electron chi connectivity index (χ0n) is 15.1. The van der Waals surface area contributed by atoms with E-state index in [2.05, 4.69) is 15.6 Å². The highest BCUT2D eigenvalue weighted by Crippen LogP contribution is 2.55. The minimum absolute atomic E-state index is 0.0260. The van der Waals surface area contributed by atoms with Crippen molar-refractivity contribution in [1.29, 1.82) is 0 Å². The predicted molar refractivity (Wildman–Crippen MR) is 102 cm³/mol. The Morgan fingerprint density at radius 3 is 2.52 bits per heavy atom. The molecule has 4 fully saturated rings. The fourth-order valence-corrected chi connectivity index (χ4v) is 6.49. The average molecular weight is 385 g/mol. The molecular weight excluding hydrogens is 362 g/mol. The van der Waals surface area contributed by atoms with Gasteiger partial charge in [0.1, 0.15) is 0 Å². The Kier molecular flexibility index (Phi) is 4.07. The molecular formula is C20H23N3O3S. The summed E-state index contributed by atoms with van der Waals surface area (Å²) in [4.78, 5) is 29.0. The van der Waals surface area contributed by atoms with Gasteiger partial charge in [0.25, 0.3) is 5.91 Å². The molecule has 0 unspecified atom stereocenters. The van der Waals surface area contributed by atoms with Crippen LogP contribution in [0.1, 0.15) is 54.8 Å². The average Bonchev–Trinajstić information content (AvgIpc) is 3.25. The highest BCUT2D eigenvalue weighted by atomic mass is 32.1. The molecule has 2 amide bonds. The Morgan fingerprint density at radius 1 is 1.19 bits per heavy atom. The molecule has 142 valence electrons. The molecule has 6 rings (SSSR count). The summed E-state index contributed by atoms with van der Waals surface area (Å²) in [5, 5.41) is 8.39. The van der Waals surface area contributed by atoms with Gasteiger partial charge in [0.15, 0.2) is 10.9 Å². The molecule has 0 aromatic carbocycles. The molecule has 0 aliphatic heterocycles. The van der Waals surface area contributed by atoms with Crippen molar-refractivity contribution in [2.45, 2.75) is 50.5 Å². The second-order valence-corrected chi connectivity index (χ2v) is 9.36. The quantitative estimate of drug-likeness (QED) is 0.823. The first-order valence-corrected chi connectivity index (χ1v) is 10.6. The first-order valence-electron chi connectivity index (χ1n) is 9.67. The van der Waals surface area contributed by atoms with Crippen LogP contribution in [0.15, 0.2) is 28.2 Å². The number of hydrogen-bond acceptors (Lipinski definition) is 5. The van der Waals surface area contributed by atoms with E-state index in [1.54, 1.807) is 12.1 Å². The molecule has 0 radical (unpaired) electrons. The van der Waals surface area contributed by atoms with Crippen molar-refractivity contribution in [2.75, 3.05) is 5.32 Å². The standard InChI is InChI=1S/C20H23N3O3S/c24-17(23-20-8-12-4-13(9-20)6-14(5-12)10-20)7-15-11-27-19(21-15)22-18(25)16-2-1-3-26-16/h1-3,11-14H,4-10H2,(H,23,24)(H,21,22,25). The molecule has 7 heteroatoms. The Morgan fingerprint density at radius 2 is 1.89 bits per heavy atom. The van der Waals surface area contributed by atoms with Crippen LogP contribution in [0.5, 0.6) is 0 Å². The highest BCUT2D eigenvalue weighted by molar-refractivity contribution is 7.14. The number of hydrogen-bond donors (Lipinski definition) is 2. The molecule has 4 bridgehead atoms. The second-order valence-electron chi connectivity index (χ2n) is 8.50. The topological polar surface area (TPSA) is 84.2 Å². The van der Waals surface area contributed by atoms with Crippen LogP contribution in [0.2, 0.25) is 0 Å². The van der Waals surface area contributed by atoms with E-state index in [-0.39, 0.29) is 29.5 Å². The van der Waals surface area contributed by atoms with E-state index in [1.165, 1.54) is 36.9 Å². The summed E-state index contributed by atoms with van der Waals surface area (Å²) < 4.78 is 5.07. The van der Waals surface area contributed by atoms with Crippen molar-refractivity contribution in [1.82, 2.24) is 10.3 Å². The highest BCUT2D eigenvalue weighted by Gasteiger charge is 2.51. The fourth-order valence-electron chi connectivity index (χ4n) is 5.78. The number of furan rings is 1. The first kappa shape index (κ1) is 17.0. The van der Waals surface area contributed by atoms with Gasteiger partial charge in [-0.1, -0.05) is 0 Å². The van der Waals surface area contributed by atoms with Gasteiger partial charge in [0.2, 0.25) is 5.91 Å². The lowest BCUT2D eigenvalue weighted by molar-refractivity contribution is -0.126. The van der Waals surface area contributed by atoms with Gasteiger partial charge in [-0.15, -0.1) is 11.3 Å². The number of nitrogens with one attached hydrogen (secondary N) is 2. The monoisotopic (exact) mass is 385 g/mol. The Labute approximate surface area is 161 Å². The summed E-state index contributed by atoms with van der Waals surface area (Å²) >= 11 is 1.32. The minimum atomic E-state index is -0.334. The van der Waals surface area contributed by atoms with Gasteiger partial charge in [-0.3, -0.25) is 14.9 Å². The molecule has 4 aliphatic rings. The van der Waals surface area contributed by atoms with E-state index in [4.69, 9.17) is 4.42 Å². The normalized spacial score (nSPS) is 31.0. The molecule has 4 saturated carbocycles. The molecule has 0 saturated heterocycles. The van der Waals surface area contributed by atoms with Gasteiger partial charge in [0, 0.05) is 10.9 Å². The van der Waals surface area contributed by atoms with Crippen LogP contribution in [-0.4, -0.2) is 22.3 Å². The molecule has 0 atom stereocenters. The number of carbonyl (C=O) groups is 2. The van der Waals surface area contributed by atoms with Crippen molar-refractivity contribution >= 4 is 28.3 Å². The van der Waals surface area contributed by atoms with Crippen molar-refractivity contribution in [3.05, 3.63) is 35.2 Å². The van der Waals surface area contributed by atoms with E-state index >= 15 is 0 Å². The van der Waals surface area contributed by atoms with Crippen molar-refractivity contribution < 1.29 is 14.0 Å². The molecule has 2 aromatic heterocycles. The fraction of sp³-hybridized carbons (Fsp3) is 0.550. The zero-order valence-corrected chi connectivity index (χ0v) is 15.9. The molecule has 0 spiro atoms. The molecule has 2 heterocycles. The van der Waals surface area contributed by atoms with Crippen LogP contribution in [0.4, 0.5) is 5.13 Å². The van der Waals surface area contributed by atoms with Crippen molar-refractivity contribution in [3.8, 4) is 0 Å². The Hall–Kier alpha value is -2.15. The van der Waals surface area contributed by atoms with Crippen LogP contribution in [0.3, 0.4) is 0 Å². The van der Waals surface area contributed by atoms with Crippen LogP contribution < -0.4 is 10.6 Å². The van der Waals surface area contributed by atoms with Crippen molar-refractivity contribution in [2.24, 2.45) is 17.8 Å². The zero-order chi connectivity index (χ0) is 18.4. The minimum Gasteiger partial charge on any atom is -0.459 e. The van der Waals surface area contributed by atoms with Gasteiger partial charge in [0.05, 0.1) is 18.4 Å². The smallest absolute Gasteiger partial charge is 0.293 e. The summed E-state index contributed by atoms with van der Waals surface area (Å²) in [6, 6.07) is 3.26. The Balaban J connectivity index is 1.19. The number of rotatable bonds is 5. The summed E-state index contributed by atoms with van der Waals surface area (Å²) in [7, 11) is 0. The summed E-state index contributed by atoms with van der Waals surface area (Å²) in [6.07, 6.45) is 9.23. The second kappa shape index (κ2) is 6.48. The lowest BCUT2D eigenvalue weighted by Gasteiger charge is -2.56. The number of amides is 2. The van der Waals surface area contributed by atoms with Gasteiger partial charge in [-0.05, 0) is 68.4 Å². The lowest BCUT2D eigenvalue weighted by Crippen LogP contribution is -2.60. The largest absolute Gasteiger partial charge is 0.459 e. The predicted octanol–water partition coefficient (Wildman–Crippen LogP) is 3.62. The van der Waals surface area contributed by atoms with Gasteiger partial charge >= 0.3 is 0 Å². The molecule has 2 aromatic rings. The number of nitrogens with zero attached hydrogens (tertiary/aromatic N) is 1. The number of anilines is 1. The molecule has 4 aliphatic carbocycles.